The Kier molecular flexibility index (Phi) is 4.04. The van der Waals surface area contributed by atoms with Crippen LogP contribution in [0, 0.1) is 0 Å². The number of halogens is 1. The van der Waals surface area contributed by atoms with Crippen LogP contribution in [0.25, 0.3) is 0 Å². The van der Waals surface area contributed by atoms with Crippen LogP contribution < -0.4 is 4.72 Å². The number of hydrogen-bond acceptors (Lipinski definition) is 4. The van der Waals surface area contributed by atoms with E-state index in [-0.39, 0.29) is 0 Å². The molecule has 0 atom stereocenters. The summed E-state index contributed by atoms with van der Waals surface area (Å²) < 4.78 is 60.7. The zero-order chi connectivity index (χ0) is 10.5. The SMILES string of the molecule is O=S(=O)(O)/C=C/C=C/NS(=O)(=O)F. The van der Waals surface area contributed by atoms with Gasteiger partial charge in [-0.3, -0.25) is 9.27 Å². The second kappa shape index (κ2) is 4.35. The Morgan fingerprint density at radius 1 is 1.15 bits per heavy atom. The van der Waals surface area contributed by atoms with Gasteiger partial charge < -0.3 is 0 Å². The summed E-state index contributed by atoms with van der Waals surface area (Å²) in [4.78, 5) is 0. The number of rotatable bonds is 4. The normalized spacial score (nSPS) is 14.0. The Hall–Kier alpha value is -0.930. The highest BCUT2D eigenvalue weighted by atomic mass is 32.3. The van der Waals surface area contributed by atoms with E-state index in [9.17, 15) is 20.7 Å². The molecule has 0 saturated heterocycles. The van der Waals surface area contributed by atoms with E-state index in [2.05, 4.69) is 0 Å². The number of nitrogens with one attached hydrogen (secondary N) is 1. The molecule has 2 N–H and O–H groups in total. The standard InChI is InChI=1S/C4H6FNO5S2/c5-13(10,11)6-3-1-2-4-12(7,8)9/h1-4,6H,(H,7,8,9)/b3-1+,4-2+. The van der Waals surface area contributed by atoms with Gasteiger partial charge in [0.05, 0.1) is 5.41 Å². The molecule has 0 aromatic carbocycles. The highest BCUT2D eigenvalue weighted by Crippen LogP contribution is 1.86. The average Bonchev–Trinajstić information content (AvgIpc) is 1.81. The van der Waals surface area contributed by atoms with Crippen molar-refractivity contribution >= 4 is 20.5 Å². The van der Waals surface area contributed by atoms with E-state index < -0.39 is 20.5 Å². The minimum Gasteiger partial charge on any atom is -0.282 e. The van der Waals surface area contributed by atoms with Crippen molar-refractivity contribution in [1.82, 2.24) is 4.72 Å². The van der Waals surface area contributed by atoms with Crippen LogP contribution >= 0.6 is 0 Å². The zero-order valence-electron chi connectivity index (χ0n) is 6.08. The summed E-state index contributed by atoms with van der Waals surface area (Å²) in [5.41, 5.74) is 0. The van der Waals surface area contributed by atoms with Gasteiger partial charge in [-0.1, -0.05) is 3.89 Å². The molecule has 0 aliphatic heterocycles. The molecule has 0 aromatic rings. The quantitative estimate of drug-likeness (QED) is 0.393. The van der Waals surface area contributed by atoms with E-state index in [1.165, 1.54) is 4.72 Å². The first-order valence-electron chi connectivity index (χ1n) is 2.73. The topological polar surface area (TPSA) is 101 Å². The molecule has 13 heavy (non-hydrogen) atoms. The Labute approximate surface area is 74.9 Å². The van der Waals surface area contributed by atoms with E-state index in [0.717, 1.165) is 12.2 Å². The lowest BCUT2D eigenvalue weighted by atomic mass is 10.6. The first-order chi connectivity index (χ1) is 5.71. The highest BCUT2D eigenvalue weighted by molar-refractivity contribution is 7.88. The molecule has 0 radical (unpaired) electrons. The molecule has 0 rings (SSSR count). The summed E-state index contributed by atoms with van der Waals surface area (Å²) in [5.74, 6) is 0. The monoisotopic (exact) mass is 231 g/mol. The average molecular weight is 231 g/mol. The van der Waals surface area contributed by atoms with Crippen LogP contribution in [0.1, 0.15) is 0 Å². The van der Waals surface area contributed by atoms with Crippen molar-refractivity contribution in [2.24, 2.45) is 0 Å². The summed E-state index contributed by atoms with van der Waals surface area (Å²) in [6, 6.07) is 0. The molecule has 0 aliphatic carbocycles. The molecule has 9 heteroatoms. The Bertz CT molecular complexity index is 406. The molecule has 0 spiro atoms. The molecule has 0 saturated carbocycles. The molecule has 0 fully saturated rings. The number of hydrogen-bond donors (Lipinski definition) is 2. The lowest BCUT2D eigenvalue weighted by Crippen LogP contribution is -2.10. The summed E-state index contributed by atoms with van der Waals surface area (Å²) in [7, 11) is -9.07. The molecular weight excluding hydrogens is 225 g/mol. The van der Waals surface area contributed by atoms with Gasteiger partial charge in [-0.15, -0.1) is 0 Å². The molecular formula is C4H6FNO5S2. The molecule has 0 bridgehead atoms. The maximum absolute atomic E-state index is 11.7. The third kappa shape index (κ3) is 11.1. The Balaban J connectivity index is 4.13. The first-order valence-corrected chi connectivity index (χ1v) is 5.62. The van der Waals surface area contributed by atoms with Crippen LogP contribution in [0.5, 0.6) is 0 Å². The molecule has 0 amide bonds. The lowest BCUT2D eigenvalue weighted by molar-refractivity contribution is 0.494. The van der Waals surface area contributed by atoms with Gasteiger partial charge >= 0.3 is 10.4 Å². The van der Waals surface area contributed by atoms with Crippen molar-refractivity contribution in [1.29, 1.82) is 0 Å². The fourth-order valence-corrected chi connectivity index (χ4v) is 0.851. The maximum Gasteiger partial charge on any atom is 0.396 e. The molecule has 6 nitrogen and oxygen atoms in total. The van der Waals surface area contributed by atoms with Gasteiger partial charge in [-0.2, -0.15) is 16.8 Å². The van der Waals surface area contributed by atoms with Crippen LogP contribution in [0.2, 0.25) is 0 Å². The first kappa shape index (κ1) is 12.1. The van der Waals surface area contributed by atoms with Gasteiger partial charge in [-0.25, -0.2) is 0 Å². The van der Waals surface area contributed by atoms with Crippen molar-refractivity contribution in [2.45, 2.75) is 0 Å². The van der Waals surface area contributed by atoms with Crippen LogP contribution in [-0.2, 0) is 20.5 Å². The molecule has 0 heterocycles. The third-order valence-corrected chi connectivity index (χ3v) is 1.59. The van der Waals surface area contributed by atoms with Gasteiger partial charge in [0.15, 0.2) is 0 Å². The largest absolute Gasteiger partial charge is 0.396 e. The molecule has 0 aliphatic rings. The van der Waals surface area contributed by atoms with E-state index in [0.29, 0.717) is 11.6 Å². The lowest BCUT2D eigenvalue weighted by Gasteiger charge is -1.87. The second-order valence-electron chi connectivity index (χ2n) is 1.76. The van der Waals surface area contributed by atoms with E-state index in [1.54, 1.807) is 0 Å². The van der Waals surface area contributed by atoms with Crippen LogP contribution in [0.3, 0.4) is 0 Å². The van der Waals surface area contributed by atoms with Crippen molar-refractivity contribution < 1.29 is 25.3 Å². The fourth-order valence-electron chi connectivity index (χ4n) is 0.321. The predicted octanol–water partition coefficient (Wildman–Crippen LogP) is -0.294. The maximum atomic E-state index is 11.7. The van der Waals surface area contributed by atoms with E-state index >= 15 is 0 Å². The van der Waals surface area contributed by atoms with Crippen molar-refractivity contribution in [3.8, 4) is 0 Å². The van der Waals surface area contributed by atoms with Gasteiger partial charge in [0.25, 0.3) is 10.1 Å². The minimum atomic E-state index is -4.82. The third-order valence-electron chi connectivity index (χ3n) is 0.667. The zero-order valence-corrected chi connectivity index (χ0v) is 7.72. The predicted molar refractivity (Wildman–Crippen MR) is 43.0 cm³/mol. The summed E-state index contributed by atoms with van der Waals surface area (Å²) in [6.07, 6.45) is 2.34. The van der Waals surface area contributed by atoms with Crippen LogP contribution in [-0.4, -0.2) is 21.4 Å². The summed E-state index contributed by atoms with van der Waals surface area (Å²) >= 11 is 0. The van der Waals surface area contributed by atoms with Gasteiger partial charge in [-0.05, 0) is 12.2 Å². The Morgan fingerprint density at radius 3 is 2.08 bits per heavy atom. The fraction of sp³-hybridized carbons (Fsp3) is 0. The van der Waals surface area contributed by atoms with Crippen LogP contribution in [0.15, 0.2) is 23.8 Å². The van der Waals surface area contributed by atoms with Gasteiger partial charge in [0.2, 0.25) is 0 Å². The van der Waals surface area contributed by atoms with E-state index in [4.69, 9.17) is 4.55 Å². The highest BCUT2D eigenvalue weighted by Gasteiger charge is 1.98. The molecule has 0 unspecified atom stereocenters. The molecule has 76 valence electrons. The van der Waals surface area contributed by atoms with Crippen molar-refractivity contribution in [2.75, 3.05) is 0 Å². The smallest absolute Gasteiger partial charge is 0.282 e. The molecule has 0 aromatic heterocycles. The van der Waals surface area contributed by atoms with Crippen LogP contribution in [0.4, 0.5) is 3.89 Å². The Morgan fingerprint density at radius 2 is 1.69 bits per heavy atom. The second-order valence-corrected chi connectivity index (χ2v) is 4.17. The minimum absolute atomic E-state index is 0.399. The van der Waals surface area contributed by atoms with Gasteiger partial charge in [0, 0.05) is 6.20 Å². The van der Waals surface area contributed by atoms with E-state index in [1.807, 2.05) is 0 Å². The van der Waals surface area contributed by atoms with Crippen molar-refractivity contribution in [3.63, 3.8) is 0 Å². The van der Waals surface area contributed by atoms with Crippen molar-refractivity contribution in [3.05, 3.63) is 23.8 Å². The number of allylic oxidation sites excluding steroid dienone is 2. The summed E-state index contributed by atoms with van der Waals surface area (Å²) in [5, 5.41) is 0.399. The van der Waals surface area contributed by atoms with Gasteiger partial charge in [0.1, 0.15) is 0 Å². The summed E-state index contributed by atoms with van der Waals surface area (Å²) in [6.45, 7) is 0.